The first-order valence-electron chi connectivity index (χ1n) is 7.14. The second kappa shape index (κ2) is 5.25. The lowest BCUT2D eigenvalue weighted by molar-refractivity contribution is 0.0195. The number of nitrogens with zero attached hydrogens (tertiary/aromatic N) is 1. The summed E-state index contributed by atoms with van der Waals surface area (Å²) in [5.41, 5.74) is 6.76. The topological polar surface area (TPSA) is 38.5 Å². The molecule has 1 aliphatic carbocycles. The zero-order chi connectivity index (χ0) is 12.4. The van der Waals surface area contributed by atoms with Gasteiger partial charge in [0.1, 0.15) is 0 Å². The van der Waals surface area contributed by atoms with Crippen LogP contribution in [0.5, 0.6) is 0 Å². The van der Waals surface area contributed by atoms with Crippen molar-refractivity contribution in [3.05, 3.63) is 0 Å². The molecule has 1 atom stereocenters. The molecule has 17 heavy (non-hydrogen) atoms. The van der Waals surface area contributed by atoms with Gasteiger partial charge in [0.25, 0.3) is 0 Å². The lowest BCUT2D eigenvalue weighted by Crippen LogP contribution is -2.56. The highest BCUT2D eigenvalue weighted by molar-refractivity contribution is 5.01. The zero-order valence-corrected chi connectivity index (χ0v) is 11.5. The molecular formula is C14H28N2O. The summed E-state index contributed by atoms with van der Waals surface area (Å²) >= 11 is 0. The summed E-state index contributed by atoms with van der Waals surface area (Å²) in [6, 6.07) is 0. The molecule has 100 valence electrons. The summed E-state index contributed by atoms with van der Waals surface area (Å²) in [6.45, 7) is 6.20. The standard InChI is InChI=1S/C14H28N2O/c1-3-14(10-15,12-17-2)16-9-8-13(11-16)6-4-5-7-13/h3-12,15H2,1-2H3. The lowest BCUT2D eigenvalue weighted by Gasteiger charge is -2.41. The van der Waals surface area contributed by atoms with Gasteiger partial charge in [0, 0.05) is 20.2 Å². The molecule has 2 N–H and O–H groups in total. The van der Waals surface area contributed by atoms with E-state index in [0.717, 1.165) is 13.0 Å². The predicted molar refractivity (Wildman–Crippen MR) is 71.0 cm³/mol. The van der Waals surface area contributed by atoms with Crippen molar-refractivity contribution in [2.24, 2.45) is 11.1 Å². The van der Waals surface area contributed by atoms with E-state index in [4.69, 9.17) is 10.5 Å². The minimum Gasteiger partial charge on any atom is -0.383 e. The fourth-order valence-corrected chi connectivity index (χ4v) is 3.89. The number of likely N-dealkylation sites (tertiary alicyclic amines) is 1. The highest BCUT2D eigenvalue weighted by Crippen LogP contribution is 2.47. The van der Waals surface area contributed by atoms with E-state index in [-0.39, 0.29) is 5.54 Å². The molecule has 0 aromatic carbocycles. The Labute approximate surface area is 106 Å². The minimum absolute atomic E-state index is 0.0842. The molecule has 1 aliphatic heterocycles. The number of hydrogen-bond acceptors (Lipinski definition) is 3. The van der Waals surface area contributed by atoms with Crippen LogP contribution in [0, 0.1) is 5.41 Å². The van der Waals surface area contributed by atoms with Crippen LogP contribution in [0.3, 0.4) is 0 Å². The van der Waals surface area contributed by atoms with Crippen molar-refractivity contribution in [1.29, 1.82) is 0 Å². The fraction of sp³-hybridized carbons (Fsp3) is 1.00. The molecule has 0 aromatic rings. The fourth-order valence-electron chi connectivity index (χ4n) is 3.89. The van der Waals surface area contributed by atoms with Gasteiger partial charge in [0.15, 0.2) is 0 Å². The van der Waals surface area contributed by atoms with Crippen LogP contribution in [0.15, 0.2) is 0 Å². The molecule has 1 saturated heterocycles. The molecule has 0 bridgehead atoms. The molecule has 2 fully saturated rings. The quantitative estimate of drug-likeness (QED) is 0.799. The smallest absolute Gasteiger partial charge is 0.0658 e. The van der Waals surface area contributed by atoms with Gasteiger partial charge in [-0.25, -0.2) is 0 Å². The third-order valence-electron chi connectivity index (χ3n) is 5.22. The lowest BCUT2D eigenvalue weighted by atomic mass is 9.85. The number of hydrogen-bond donors (Lipinski definition) is 1. The molecule has 1 saturated carbocycles. The van der Waals surface area contributed by atoms with Crippen LogP contribution in [-0.2, 0) is 4.74 Å². The van der Waals surface area contributed by atoms with Crippen LogP contribution in [0.1, 0.15) is 45.4 Å². The molecular weight excluding hydrogens is 212 g/mol. The molecule has 0 aromatic heterocycles. The van der Waals surface area contributed by atoms with E-state index >= 15 is 0 Å². The van der Waals surface area contributed by atoms with Gasteiger partial charge in [-0.2, -0.15) is 0 Å². The zero-order valence-electron chi connectivity index (χ0n) is 11.5. The highest BCUT2D eigenvalue weighted by Gasteiger charge is 2.46. The largest absolute Gasteiger partial charge is 0.383 e. The molecule has 0 amide bonds. The maximum atomic E-state index is 6.05. The van der Waals surface area contributed by atoms with E-state index in [2.05, 4.69) is 11.8 Å². The average Bonchev–Trinajstić information content (AvgIpc) is 2.98. The Morgan fingerprint density at radius 1 is 1.29 bits per heavy atom. The first kappa shape index (κ1) is 13.3. The Bertz CT molecular complexity index is 245. The molecule has 3 nitrogen and oxygen atoms in total. The normalized spacial score (nSPS) is 27.7. The first-order valence-corrected chi connectivity index (χ1v) is 7.14. The third kappa shape index (κ3) is 2.38. The van der Waals surface area contributed by atoms with Gasteiger partial charge < -0.3 is 10.5 Å². The second-order valence-electron chi connectivity index (χ2n) is 6.09. The molecule has 2 aliphatic rings. The maximum Gasteiger partial charge on any atom is 0.0658 e. The van der Waals surface area contributed by atoms with E-state index in [1.54, 1.807) is 7.11 Å². The van der Waals surface area contributed by atoms with Gasteiger partial charge in [-0.15, -0.1) is 0 Å². The van der Waals surface area contributed by atoms with Crippen LogP contribution in [0.4, 0.5) is 0 Å². The van der Waals surface area contributed by atoms with Crippen molar-refractivity contribution >= 4 is 0 Å². The van der Waals surface area contributed by atoms with Crippen LogP contribution >= 0.6 is 0 Å². The van der Waals surface area contributed by atoms with Gasteiger partial charge >= 0.3 is 0 Å². The summed E-state index contributed by atoms with van der Waals surface area (Å²) in [5.74, 6) is 0. The van der Waals surface area contributed by atoms with E-state index in [0.29, 0.717) is 12.0 Å². The van der Waals surface area contributed by atoms with Crippen LogP contribution in [0.25, 0.3) is 0 Å². The summed E-state index contributed by atoms with van der Waals surface area (Å²) < 4.78 is 5.43. The summed E-state index contributed by atoms with van der Waals surface area (Å²) in [7, 11) is 1.79. The van der Waals surface area contributed by atoms with E-state index in [1.165, 1.54) is 45.2 Å². The SMILES string of the molecule is CCC(CN)(COC)N1CCC2(CCCC2)C1. The van der Waals surface area contributed by atoms with Crippen molar-refractivity contribution in [2.75, 3.05) is 33.4 Å². The van der Waals surface area contributed by atoms with Crippen LogP contribution in [-0.4, -0.2) is 43.8 Å². The summed E-state index contributed by atoms with van der Waals surface area (Å²) in [6.07, 6.45) is 8.19. The second-order valence-corrected chi connectivity index (χ2v) is 6.09. The Morgan fingerprint density at radius 3 is 2.53 bits per heavy atom. The van der Waals surface area contributed by atoms with E-state index < -0.39 is 0 Å². The van der Waals surface area contributed by atoms with E-state index in [9.17, 15) is 0 Å². The van der Waals surface area contributed by atoms with Crippen molar-refractivity contribution in [3.8, 4) is 0 Å². The maximum absolute atomic E-state index is 6.05. The van der Waals surface area contributed by atoms with Gasteiger partial charge in [-0.3, -0.25) is 4.90 Å². The van der Waals surface area contributed by atoms with Crippen LogP contribution in [0.2, 0.25) is 0 Å². The average molecular weight is 240 g/mol. The van der Waals surface area contributed by atoms with Gasteiger partial charge in [-0.05, 0) is 37.6 Å². The molecule has 1 heterocycles. The Hall–Kier alpha value is -0.120. The van der Waals surface area contributed by atoms with Gasteiger partial charge in [0.2, 0.25) is 0 Å². The molecule has 2 rings (SSSR count). The Balaban J connectivity index is 2.06. The summed E-state index contributed by atoms with van der Waals surface area (Å²) in [5, 5.41) is 0. The monoisotopic (exact) mass is 240 g/mol. The van der Waals surface area contributed by atoms with E-state index in [1.807, 2.05) is 0 Å². The van der Waals surface area contributed by atoms with Gasteiger partial charge in [0.05, 0.1) is 12.1 Å². The van der Waals surface area contributed by atoms with Gasteiger partial charge in [-0.1, -0.05) is 19.8 Å². The molecule has 1 unspecified atom stereocenters. The van der Waals surface area contributed by atoms with Crippen molar-refractivity contribution < 1.29 is 4.74 Å². The molecule has 3 heteroatoms. The summed E-state index contributed by atoms with van der Waals surface area (Å²) in [4.78, 5) is 2.63. The number of rotatable bonds is 5. The van der Waals surface area contributed by atoms with Crippen molar-refractivity contribution in [3.63, 3.8) is 0 Å². The Morgan fingerprint density at radius 2 is 2.00 bits per heavy atom. The predicted octanol–water partition coefficient (Wildman–Crippen LogP) is 2.01. The number of nitrogens with two attached hydrogens (primary N) is 1. The minimum atomic E-state index is 0.0842. The molecule has 0 radical (unpaired) electrons. The first-order chi connectivity index (χ1) is 8.20. The third-order valence-corrected chi connectivity index (χ3v) is 5.22. The van der Waals surface area contributed by atoms with Crippen LogP contribution < -0.4 is 5.73 Å². The Kier molecular flexibility index (Phi) is 4.11. The highest BCUT2D eigenvalue weighted by atomic mass is 16.5. The van der Waals surface area contributed by atoms with Crippen molar-refractivity contribution in [2.45, 2.75) is 51.0 Å². The van der Waals surface area contributed by atoms with Crippen molar-refractivity contribution in [1.82, 2.24) is 4.90 Å². The number of methoxy groups -OCH3 is 1. The molecule has 1 spiro atoms. The number of ether oxygens (including phenoxy) is 1.